The number of hydrogen-bond donors (Lipinski definition) is 0. The first-order valence-corrected chi connectivity index (χ1v) is 9.98. The Hall–Kier alpha value is -3.15. The second-order valence-corrected chi connectivity index (χ2v) is 7.92. The predicted molar refractivity (Wildman–Crippen MR) is 107 cm³/mol. The van der Waals surface area contributed by atoms with Crippen LogP contribution in [0.2, 0.25) is 0 Å². The molecule has 1 aliphatic heterocycles. The van der Waals surface area contributed by atoms with Gasteiger partial charge in [0.15, 0.2) is 5.41 Å². The maximum Gasteiger partial charge on any atom is 0.324 e. The van der Waals surface area contributed by atoms with Crippen molar-refractivity contribution in [3.8, 4) is 0 Å². The molecule has 0 bridgehead atoms. The normalized spacial score (nSPS) is 26.1. The van der Waals surface area contributed by atoms with Gasteiger partial charge >= 0.3 is 17.9 Å². The second kappa shape index (κ2) is 7.59. The van der Waals surface area contributed by atoms with Crippen molar-refractivity contribution in [2.45, 2.75) is 30.8 Å². The van der Waals surface area contributed by atoms with E-state index in [9.17, 15) is 14.4 Å². The standard InChI is InChI=1S/C24H24O6/c1-28-21(26)23(22(27)29-2)15-18(17-11-7-4-8-12-17)24(19(23)20(25)30-24)14-13-16-9-5-3-6-10-16/h3-12,18-19H,13-15H2,1-2H3/t18-,19-,24+/m1/s1. The number of carbonyl (C=O) groups excluding carboxylic acids is 3. The number of ether oxygens (including phenoxy) is 3. The number of methoxy groups -OCH3 is 2. The van der Waals surface area contributed by atoms with E-state index in [4.69, 9.17) is 14.2 Å². The number of esters is 3. The topological polar surface area (TPSA) is 78.9 Å². The molecule has 30 heavy (non-hydrogen) atoms. The molecular formula is C24H24O6. The highest BCUT2D eigenvalue weighted by Crippen LogP contribution is 2.66. The van der Waals surface area contributed by atoms with Gasteiger partial charge in [-0.3, -0.25) is 14.4 Å². The van der Waals surface area contributed by atoms with Gasteiger partial charge in [0.1, 0.15) is 11.5 Å². The SMILES string of the molecule is COC(=O)C1(C(=O)OC)C[C@H](c2ccccc2)[C@]2(CCc3ccccc3)OC(=O)[C@H]12. The van der Waals surface area contributed by atoms with Gasteiger partial charge in [-0.15, -0.1) is 0 Å². The zero-order chi connectivity index (χ0) is 21.4. The second-order valence-electron chi connectivity index (χ2n) is 7.92. The Morgan fingerprint density at radius 1 is 0.967 bits per heavy atom. The number of carbonyl (C=O) groups is 3. The molecule has 0 amide bonds. The predicted octanol–water partition coefficient (Wildman–Crippen LogP) is 3.05. The van der Waals surface area contributed by atoms with E-state index in [0.29, 0.717) is 12.8 Å². The lowest BCUT2D eigenvalue weighted by molar-refractivity contribution is -0.226. The first-order chi connectivity index (χ1) is 14.5. The van der Waals surface area contributed by atoms with Crippen molar-refractivity contribution in [1.82, 2.24) is 0 Å². The molecule has 1 saturated heterocycles. The highest BCUT2D eigenvalue weighted by atomic mass is 16.6. The van der Waals surface area contributed by atoms with Crippen molar-refractivity contribution < 1.29 is 28.6 Å². The van der Waals surface area contributed by atoms with E-state index >= 15 is 0 Å². The maximum absolute atomic E-state index is 12.9. The fourth-order valence-electron chi connectivity index (χ4n) is 5.24. The highest BCUT2D eigenvalue weighted by Gasteiger charge is 2.79. The average molecular weight is 408 g/mol. The molecule has 2 aromatic rings. The summed E-state index contributed by atoms with van der Waals surface area (Å²) in [4.78, 5) is 38.6. The van der Waals surface area contributed by atoms with Crippen LogP contribution in [0, 0.1) is 11.3 Å². The Kier molecular flexibility index (Phi) is 5.10. The minimum absolute atomic E-state index is 0.0988. The molecule has 2 fully saturated rings. The molecule has 156 valence electrons. The number of benzene rings is 2. The third kappa shape index (κ3) is 2.82. The molecule has 0 unspecified atom stereocenters. The molecule has 0 spiro atoms. The first kappa shape index (κ1) is 20.1. The Labute approximate surface area is 175 Å². The van der Waals surface area contributed by atoms with Crippen molar-refractivity contribution in [3.63, 3.8) is 0 Å². The van der Waals surface area contributed by atoms with Crippen molar-refractivity contribution in [2.24, 2.45) is 11.3 Å². The van der Waals surface area contributed by atoms with Crippen LogP contribution < -0.4 is 0 Å². The van der Waals surface area contributed by atoms with Crippen LogP contribution in [-0.4, -0.2) is 37.7 Å². The minimum Gasteiger partial charge on any atom is -0.468 e. The summed E-state index contributed by atoms with van der Waals surface area (Å²) < 4.78 is 15.8. The van der Waals surface area contributed by atoms with E-state index in [1.807, 2.05) is 60.7 Å². The lowest BCUT2D eigenvalue weighted by atomic mass is 9.67. The van der Waals surface area contributed by atoms with Crippen molar-refractivity contribution in [3.05, 3.63) is 71.8 Å². The van der Waals surface area contributed by atoms with Gasteiger partial charge in [-0.1, -0.05) is 60.7 Å². The molecule has 0 aromatic heterocycles. The maximum atomic E-state index is 12.9. The molecule has 2 aromatic carbocycles. The zero-order valence-corrected chi connectivity index (χ0v) is 17.0. The van der Waals surface area contributed by atoms with E-state index in [1.54, 1.807) is 0 Å². The molecule has 1 saturated carbocycles. The van der Waals surface area contributed by atoms with Crippen molar-refractivity contribution >= 4 is 17.9 Å². The molecule has 1 aliphatic carbocycles. The Morgan fingerprint density at radius 2 is 1.53 bits per heavy atom. The summed E-state index contributed by atoms with van der Waals surface area (Å²) in [5, 5.41) is 0. The van der Waals surface area contributed by atoms with Crippen molar-refractivity contribution in [2.75, 3.05) is 14.2 Å². The van der Waals surface area contributed by atoms with Crippen LogP contribution in [0.5, 0.6) is 0 Å². The lowest BCUT2D eigenvalue weighted by Crippen LogP contribution is -2.64. The van der Waals surface area contributed by atoms with Gasteiger partial charge in [0.25, 0.3) is 0 Å². The molecule has 0 N–H and O–H groups in total. The summed E-state index contributed by atoms with van der Waals surface area (Å²) in [6, 6.07) is 19.4. The fraction of sp³-hybridized carbons (Fsp3) is 0.375. The van der Waals surface area contributed by atoms with Crippen LogP contribution in [0.3, 0.4) is 0 Å². The summed E-state index contributed by atoms with van der Waals surface area (Å²) in [5.41, 5.74) is -0.682. The van der Waals surface area contributed by atoms with Crippen LogP contribution >= 0.6 is 0 Å². The number of aryl methyl sites for hydroxylation is 1. The summed E-state index contributed by atoms with van der Waals surface area (Å²) in [7, 11) is 2.44. The summed E-state index contributed by atoms with van der Waals surface area (Å²) >= 11 is 0. The molecule has 1 heterocycles. The van der Waals surface area contributed by atoms with Crippen LogP contribution in [0.15, 0.2) is 60.7 Å². The number of fused-ring (bicyclic) bond motifs is 1. The van der Waals surface area contributed by atoms with Gasteiger partial charge in [0.2, 0.25) is 0 Å². The van der Waals surface area contributed by atoms with Gasteiger partial charge in [-0.25, -0.2) is 0 Å². The summed E-state index contributed by atoms with van der Waals surface area (Å²) in [6.07, 6.45) is 1.23. The van der Waals surface area contributed by atoms with Gasteiger partial charge in [0, 0.05) is 5.92 Å². The van der Waals surface area contributed by atoms with E-state index in [2.05, 4.69) is 0 Å². The Bertz CT molecular complexity index is 938. The third-order valence-corrected chi connectivity index (χ3v) is 6.57. The molecule has 6 heteroatoms. The highest BCUT2D eigenvalue weighted by molar-refractivity contribution is 6.07. The van der Waals surface area contributed by atoms with E-state index < -0.39 is 34.8 Å². The lowest BCUT2D eigenvalue weighted by Gasteiger charge is -2.49. The molecule has 4 rings (SSSR count). The summed E-state index contributed by atoms with van der Waals surface area (Å²) in [6.45, 7) is 0. The largest absolute Gasteiger partial charge is 0.468 e. The minimum atomic E-state index is -1.71. The summed E-state index contributed by atoms with van der Waals surface area (Å²) in [5.74, 6) is -3.34. The van der Waals surface area contributed by atoms with E-state index in [1.165, 1.54) is 14.2 Å². The van der Waals surface area contributed by atoms with Gasteiger partial charge in [0.05, 0.1) is 14.2 Å². The molecule has 2 aliphatic rings. The Balaban J connectivity index is 1.81. The van der Waals surface area contributed by atoms with Crippen molar-refractivity contribution in [1.29, 1.82) is 0 Å². The van der Waals surface area contributed by atoms with E-state index in [-0.39, 0.29) is 12.3 Å². The smallest absolute Gasteiger partial charge is 0.324 e. The van der Waals surface area contributed by atoms with Crippen LogP contribution in [-0.2, 0) is 35.0 Å². The van der Waals surface area contributed by atoms with Gasteiger partial charge < -0.3 is 14.2 Å². The zero-order valence-electron chi connectivity index (χ0n) is 17.0. The first-order valence-electron chi connectivity index (χ1n) is 9.98. The van der Waals surface area contributed by atoms with Crippen LogP contribution in [0.25, 0.3) is 0 Å². The number of hydrogen-bond acceptors (Lipinski definition) is 6. The molecular weight excluding hydrogens is 384 g/mol. The van der Waals surface area contributed by atoms with Crippen LogP contribution in [0.4, 0.5) is 0 Å². The molecule has 3 atom stereocenters. The fourth-order valence-corrected chi connectivity index (χ4v) is 5.24. The van der Waals surface area contributed by atoms with Gasteiger partial charge in [-0.2, -0.15) is 0 Å². The average Bonchev–Trinajstić information content (AvgIpc) is 3.04. The van der Waals surface area contributed by atoms with E-state index in [0.717, 1.165) is 11.1 Å². The monoisotopic (exact) mass is 408 g/mol. The third-order valence-electron chi connectivity index (χ3n) is 6.57. The molecule has 0 radical (unpaired) electrons. The van der Waals surface area contributed by atoms with Gasteiger partial charge in [-0.05, 0) is 30.4 Å². The molecule has 6 nitrogen and oxygen atoms in total. The Morgan fingerprint density at radius 3 is 2.07 bits per heavy atom. The number of rotatable bonds is 6. The van der Waals surface area contributed by atoms with Crippen LogP contribution in [0.1, 0.15) is 29.9 Å². The quantitative estimate of drug-likeness (QED) is 0.415.